The molecule has 0 spiro atoms. The number of nitrogens with one attached hydrogen (secondary N) is 1. The Kier molecular flexibility index (Phi) is 16.7. The molecular formula is C31H46NO4S2+. The number of allylic oxidation sites excluding steroid dienone is 4. The summed E-state index contributed by atoms with van der Waals surface area (Å²) in [5, 5.41) is 24.1. The number of thiophene rings is 2. The molecule has 1 aliphatic rings. The number of rotatable bonds is 10. The average molecular weight is 561 g/mol. The van der Waals surface area contributed by atoms with Gasteiger partial charge < -0.3 is 19.8 Å². The van der Waals surface area contributed by atoms with Crippen molar-refractivity contribution in [1.29, 1.82) is 0 Å². The monoisotopic (exact) mass is 560 g/mol. The Morgan fingerprint density at radius 3 is 2.29 bits per heavy atom. The fourth-order valence-electron chi connectivity index (χ4n) is 4.37. The summed E-state index contributed by atoms with van der Waals surface area (Å²) in [4.78, 5) is 15.9. The van der Waals surface area contributed by atoms with Crippen molar-refractivity contribution >= 4 is 28.6 Å². The molecular weight excluding hydrogens is 514 g/mol. The number of carbonyl (C=O) groups excluding carboxylic acids is 1. The summed E-state index contributed by atoms with van der Waals surface area (Å²) in [6, 6.07) is 7.32. The van der Waals surface area contributed by atoms with Gasteiger partial charge in [-0.15, -0.1) is 35.0 Å². The van der Waals surface area contributed by atoms with Crippen molar-refractivity contribution in [2.75, 3.05) is 19.6 Å². The largest absolute Gasteiger partial charge is 0.513 e. The lowest BCUT2D eigenvalue weighted by Gasteiger charge is -2.36. The normalized spacial score (nSPS) is 19.5. The van der Waals surface area contributed by atoms with Crippen molar-refractivity contribution in [3.63, 3.8) is 0 Å². The van der Waals surface area contributed by atoms with Crippen LogP contribution in [0.4, 0.5) is 0 Å². The first-order valence-electron chi connectivity index (χ1n) is 13.5. The Balaban J connectivity index is 0.000000507. The molecule has 0 aliphatic carbocycles. The van der Waals surface area contributed by atoms with Gasteiger partial charge in [0.1, 0.15) is 6.54 Å². The summed E-state index contributed by atoms with van der Waals surface area (Å²) in [5.74, 6) is 2.56. The number of aliphatic hydroxyl groups excluding tert-OH is 1. The van der Waals surface area contributed by atoms with E-state index in [-0.39, 0.29) is 6.10 Å². The lowest BCUT2D eigenvalue weighted by molar-refractivity contribution is -0.909. The fourth-order valence-corrected chi connectivity index (χ4v) is 6.08. The molecule has 3 unspecified atom stereocenters. The van der Waals surface area contributed by atoms with E-state index in [0.29, 0.717) is 21.4 Å². The van der Waals surface area contributed by atoms with E-state index in [4.69, 9.17) is 9.84 Å². The number of ether oxygens (including phenoxy) is 1. The number of likely N-dealkylation sites (tertiary alicyclic amines) is 1. The van der Waals surface area contributed by atoms with Crippen LogP contribution in [0.2, 0.25) is 0 Å². The van der Waals surface area contributed by atoms with E-state index in [9.17, 15) is 9.90 Å². The topological polar surface area (TPSA) is 71.2 Å². The van der Waals surface area contributed by atoms with Gasteiger partial charge in [-0.05, 0) is 69.0 Å². The molecule has 0 amide bonds. The van der Waals surface area contributed by atoms with Crippen LogP contribution in [0.5, 0.6) is 0 Å². The molecule has 1 fully saturated rings. The van der Waals surface area contributed by atoms with Crippen molar-refractivity contribution < 1.29 is 24.6 Å². The Morgan fingerprint density at radius 2 is 1.84 bits per heavy atom. The number of quaternary nitrogens is 1. The zero-order valence-electron chi connectivity index (χ0n) is 23.6. The van der Waals surface area contributed by atoms with Gasteiger partial charge in [0.05, 0.1) is 28.6 Å². The molecule has 2 aromatic rings. The average Bonchev–Trinajstić information content (AvgIpc) is 3.65. The molecule has 3 rings (SSSR count). The molecule has 3 heterocycles. The molecule has 7 heteroatoms. The Hall–Kier alpha value is -2.37. The van der Waals surface area contributed by atoms with E-state index in [0.717, 1.165) is 51.7 Å². The highest BCUT2D eigenvalue weighted by atomic mass is 32.1. The van der Waals surface area contributed by atoms with Crippen LogP contribution < -0.4 is 4.90 Å². The summed E-state index contributed by atoms with van der Waals surface area (Å²) in [7, 11) is 0. The minimum Gasteiger partial charge on any atom is -0.513 e. The van der Waals surface area contributed by atoms with Crippen LogP contribution in [-0.2, 0) is 15.1 Å². The second-order valence-corrected chi connectivity index (χ2v) is 11.1. The molecule has 3 atom stereocenters. The molecule has 38 heavy (non-hydrogen) atoms. The summed E-state index contributed by atoms with van der Waals surface area (Å²) in [5.41, 5.74) is -1.71. The molecule has 0 aromatic carbocycles. The zero-order valence-corrected chi connectivity index (χ0v) is 25.2. The summed E-state index contributed by atoms with van der Waals surface area (Å²) >= 11 is 2.77. The lowest BCUT2D eigenvalue weighted by atomic mass is 9.90. The van der Waals surface area contributed by atoms with Crippen molar-refractivity contribution in [3.8, 4) is 12.3 Å². The third-order valence-corrected chi connectivity index (χ3v) is 8.41. The number of hydrogen-bond acceptors (Lipinski definition) is 6. The Morgan fingerprint density at radius 1 is 1.24 bits per heavy atom. The van der Waals surface area contributed by atoms with Crippen LogP contribution in [0.25, 0.3) is 0 Å². The second-order valence-electron chi connectivity index (χ2n) is 9.20. The first kappa shape index (κ1) is 33.7. The first-order valence-corrected chi connectivity index (χ1v) is 15.3. The smallest absolute Gasteiger partial charge is 0.349 e. The van der Waals surface area contributed by atoms with E-state index in [1.165, 1.54) is 27.6 Å². The van der Waals surface area contributed by atoms with Gasteiger partial charge in [-0.25, -0.2) is 4.79 Å². The van der Waals surface area contributed by atoms with E-state index in [1.54, 1.807) is 25.1 Å². The molecule has 0 saturated carbocycles. The van der Waals surface area contributed by atoms with Gasteiger partial charge in [0, 0.05) is 18.8 Å². The predicted octanol–water partition coefficient (Wildman–Crippen LogP) is 6.13. The number of aliphatic hydroxyl groups is 2. The third kappa shape index (κ3) is 10.4. The van der Waals surface area contributed by atoms with Gasteiger partial charge in [-0.3, -0.25) is 0 Å². The van der Waals surface area contributed by atoms with Crippen molar-refractivity contribution in [2.45, 2.75) is 78.4 Å². The molecule has 2 aromatic heterocycles. The third-order valence-electron chi connectivity index (χ3n) is 6.46. The van der Waals surface area contributed by atoms with E-state index in [1.807, 2.05) is 48.9 Å². The Labute approximate surface area is 237 Å². The number of esters is 1. The van der Waals surface area contributed by atoms with Crippen LogP contribution in [0.3, 0.4) is 0 Å². The van der Waals surface area contributed by atoms with Gasteiger partial charge in [0.15, 0.2) is 6.10 Å². The molecule has 0 bridgehead atoms. The van der Waals surface area contributed by atoms with Crippen LogP contribution in [0, 0.1) is 18.3 Å². The van der Waals surface area contributed by atoms with Crippen molar-refractivity contribution in [2.24, 2.45) is 5.92 Å². The summed E-state index contributed by atoms with van der Waals surface area (Å²) < 4.78 is 5.99. The zero-order chi connectivity index (χ0) is 28.4. The lowest BCUT2D eigenvalue weighted by Crippen LogP contribution is -3.14. The van der Waals surface area contributed by atoms with Crippen molar-refractivity contribution in [1.82, 2.24) is 0 Å². The molecule has 5 nitrogen and oxygen atoms in total. The number of hydrogen-bond donors (Lipinski definition) is 3. The highest BCUT2D eigenvalue weighted by molar-refractivity contribution is 7.12. The van der Waals surface area contributed by atoms with E-state index >= 15 is 0 Å². The van der Waals surface area contributed by atoms with Crippen LogP contribution in [0.1, 0.15) is 76.5 Å². The van der Waals surface area contributed by atoms with Crippen molar-refractivity contribution in [3.05, 3.63) is 68.8 Å². The quantitative estimate of drug-likeness (QED) is 0.142. The fraction of sp³-hybridized carbons (Fsp3) is 0.516. The minimum absolute atomic E-state index is 0.130. The second kappa shape index (κ2) is 18.8. The van der Waals surface area contributed by atoms with Crippen LogP contribution in [0.15, 0.2) is 59.0 Å². The maximum atomic E-state index is 13.2. The van der Waals surface area contributed by atoms with Gasteiger partial charge in [-0.1, -0.05) is 38.1 Å². The maximum Gasteiger partial charge on any atom is 0.349 e. The maximum absolute atomic E-state index is 13.2. The van der Waals surface area contributed by atoms with E-state index < -0.39 is 11.6 Å². The first-order chi connectivity index (χ1) is 18.3. The van der Waals surface area contributed by atoms with Crippen LogP contribution >= 0.6 is 22.7 Å². The van der Waals surface area contributed by atoms with Gasteiger partial charge in [-0.2, -0.15) is 0 Å². The molecule has 0 radical (unpaired) electrons. The van der Waals surface area contributed by atoms with Gasteiger partial charge in [0.25, 0.3) is 0 Å². The Bertz CT molecular complexity index is 956. The standard InChI is InChI=1S/C20H27NO3S2.C8H14O.C3H4/c1-3-10-21-11-9-15(4-2)16(14-21)24-19(22)20(23,17-7-5-12-25-17)18-8-6-13-26-18;1-3-5-6-7-8(9)4-2;1-3-2/h5-8,12-13,15-16,23H,3-4,9-11,14H2,1-2H3;3-5,9H,6-7H2,1-2H3;1H,2H3/p+1/b;5-3-,8-4+;. The van der Waals surface area contributed by atoms with Crippen LogP contribution in [-0.4, -0.2) is 41.9 Å². The summed E-state index contributed by atoms with van der Waals surface area (Å²) in [6.07, 6.45) is 15.1. The minimum atomic E-state index is -1.71. The molecule has 1 aliphatic heterocycles. The van der Waals surface area contributed by atoms with E-state index in [2.05, 4.69) is 26.2 Å². The van der Waals surface area contributed by atoms with Gasteiger partial charge >= 0.3 is 5.97 Å². The number of terminal acetylenes is 1. The molecule has 210 valence electrons. The highest BCUT2D eigenvalue weighted by Crippen LogP contribution is 2.37. The molecule has 1 saturated heterocycles. The highest BCUT2D eigenvalue weighted by Gasteiger charge is 2.46. The SMILES string of the molecule is C#CC.C/C=C\CC/C(O)=C\C.CCC[NH+]1CCC(CC)C(OC(=O)C(O)(c2cccs2)c2cccs2)C1. The van der Waals surface area contributed by atoms with Gasteiger partial charge in [0.2, 0.25) is 5.60 Å². The summed E-state index contributed by atoms with van der Waals surface area (Å²) in [6.45, 7) is 12.9. The predicted molar refractivity (Wildman–Crippen MR) is 161 cm³/mol. The number of piperidine rings is 1. The number of carbonyl (C=O) groups is 1. The molecule has 3 N–H and O–H groups in total.